The molecule has 0 aromatic heterocycles. The van der Waals surface area contributed by atoms with Crippen LogP contribution in [0.2, 0.25) is 0 Å². The van der Waals surface area contributed by atoms with E-state index in [0.29, 0.717) is 0 Å². The number of nitriles is 1. The topological polar surface area (TPSA) is 35.8 Å². The normalized spacial score (nSPS) is 46.6. The molecule has 0 unspecified atom stereocenters. The summed E-state index contributed by atoms with van der Waals surface area (Å²) >= 11 is 0. The number of hydrogen-bond acceptors (Lipinski definition) is 2. The lowest BCUT2D eigenvalue weighted by Gasteiger charge is -2.57. The Morgan fingerprint density at radius 3 is 2.16 bits per heavy atom. The lowest BCUT2D eigenvalue weighted by Crippen LogP contribution is -2.47. The van der Waals surface area contributed by atoms with Crippen molar-refractivity contribution in [2.24, 2.45) is 23.2 Å². The van der Waals surface area contributed by atoms with Gasteiger partial charge in [-0.2, -0.15) is 5.26 Å². The molecule has 2 heteroatoms. The first-order valence-corrected chi connectivity index (χ1v) is 8.17. The van der Waals surface area contributed by atoms with Crippen LogP contribution in [0.3, 0.4) is 0 Å². The van der Waals surface area contributed by atoms with Crippen molar-refractivity contribution in [3.63, 3.8) is 0 Å². The molecule has 1 saturated heterocycles. The molecule has 0 radical (unpaired) electrons. The van der Waals surface area contributed by atoms with Gasteiger partial charge in [0, 0.05) is 17.7 Å². The van der Waals surface area contributed by atoms with Crippen molar-refractivity contribution in [3.8, 4) is 6.07 Å². The third-order valence-corrected chi connectivity index (χ3v) is 6.17. The highest BCUT2D eigenvalue weighted by Crippen LogP contribution is 2.63. The standard InChI is InChI=1S/C17H24N2/c18-11-15(16-3-1-2-4-19-16)17-8-12-5-13(9-17)7-14(6-12)10-17/h12-14,19H,1-10H2/b16-15+. The number of rotatable bonds is 1. The summed E-state index contributed by atoms with van der Waals surface area (Å²) in [5, 5.41) is 13.3. The average Bonchev–Trinajstić information content (AvgIpc) is 2.38. The predicted octanol–water partition coefficient (Wildman–Crippen LogP) is 3.75. The maximum atomic E-state index is 9.79. The van der Waals surface area contributed by atoms with Crippen molar-refractivity contribution in [2.45, 2.75) is 57.8 Å². The van der Waals surface area contributed by atoms with Gasteiger partial charge in [0.05, 0.1) is 11.6 Å². The number of piperidine rings is 1. The molecule has 1 N–H and O–H groups in total. The highest BCUT2D eigenvalue weighted by atomic mass is 14.9. The van der Waals surface area contributed by atoms with Crippen LogP contribution in [-0.4, -0.2) is 6.54 Å². The van der Waals surface area contributed by atoms with Gasteiger partial charge < -0.3 is 5.32 Å². The van der Waals surface area contributed by atoms with E-state index in [1.165, 1.54) is 62.6 Å². The molecule has 4 saturated carbocycles. The molecule has 0 atom stereocenters. The van der Waals surface area contributed by atoms with Crippen LogP contribution < -0.4 is 5.32 Å². The van der Waals surface area contributed by atoms with Gasteiger partial charge in [-0.1, -0.05) is 0 Å². The van der Waals surface area contributed by atoms with Crippen LogP contribution in [0.5, 0.6) is 0 Å². The fraction of sp³-hybridized carbons (Fsp3) is 0.824. The first kappa shape index (κ1) is 11.8. The van der Waals surface area contributed by atoms with Crippen LogP contribution >= 0.6 is 0 Å². The summed E-state index contributed by atoms with van der Waals surface area (Å²) in [6, 6.07) is 2.65. The minimum atomic E-state index is 0.281. The van der Waals surface area contributed by atoms with Gasteiger partial charge in [-0.05, 0) is 75.5 Å². The Morgan fingerprint density at radius 2 is 1.68 bits per heavy atom. The van der Waals surface area contributed by atoms with E-state index in [4.69, 9.17) is 0 Å². The zero-order valence-corrected chi connectivity index (χ0v) is 11.8. The van der Waals surface area contributed by atoms with Crippen LogP contribution in [0.15, 0.2) is 11.3 Å². The van der Waals surface area contributed by atoms with Gasteiger partial charge in [0.15, 0.2) is 0 Å². The number of allylic oxidation sites excluding steroid dienone is 2. The molecule has 5 rings (SSSR count). The van der Waals surface area contributed by atoms with Crippen LogP contribution in [0.1, 0.15) is 57.8 Å². The molecule has 1 aliphatic heterocycles. The molecule has 1 heterocycles. The SMILES string of the molecule is N#C/C(=C1/CCCCN1)C12CC3CC(CC(C3)C1)C2. The van der Waals surface area contributed by atoms with Gasteiger partial charge in [-0.3, -0.25) is 0 Å². The molecule has 4 bridgehead atoms. The van der Waals surface area contributed by atoms with Crippen molar-refractivity contribution < 1.29 is 0 Å². The quantitative estimate of drug-likeness (QED) is 0.725. The lowest BCUT2D eigenvalue weighted by molar-refractivity contribution is -0.0289. The monoisotopic (exact) mass is 256 g/mol. The van der Waals surface area contributed by atoms with E-state index in [-0.39, 0.29) is 5.41 Å². The minimum Gasteiger partial charge on any atom is -0.388 e. The van der Waals surface area contributed by atoms with E-state index in [0.717, 1.165) is 30.7 Å². The predicted molar refractivity (Wildman–Crippen MR) is 75.1 cm³/mol. The molecule has 0 amide bonds. The van der Waals surface area contributed by atoms with Crippen molar-refractivity contribution >= 4 is 0 Å². The van der Waals surface area contributed by atoms with Gasteiger partial charge in [0.1, 0.15) is 0 Å². The van der Waals surface area contributed by atoms with Crippen molar-refractivity contribution in [3.05, 3.63) is 11.3 Å². The zero-order chi connectivity index (χ0) is 12.9. The third kappa shape index (κ3) is 1.82. The molecule has 102 valence electrons. The number of hydrogen-bond donors (Lipinski definition) is 1. The maximum absolute atomic E-state index is 9.79. The number of nitrogens with one attached hydrogen (secondary N) is 1. The minimum absolute atomic E-state index is 0.281. The summed E-state index contributed by atoms with van der Waals surface area (Å²) < 4.78 is 0. The van der Waals surface area contributed by atoms with Crippen LogP contribution in [0.4, 0.5) is 0 Å². The summed E-state index contributed by atoms with van der Waals surface area (Å²) in [4.78, 5) is 0. The second-order valence-electron chi connectivity index (χ2n) is 7.55. The van der Waals surface area contributed by atoms with E-state index in [1.54, 1.807) is 0 Å². The van der Waals surface area contributed by atoms with Gasteiger partial charge >= 0.3 is 0 Å². The van der Waals surface area contributed by atoms with Crippen molar-refractivity contribution in [1.82, 2.24) is 5.32 Å². The molecule has 0 spiro atoms. The highest BCUT2D eigenvalue weighted by molar-refractivity contribution is 5.37. The van der Waals surface area contributed by atoms with Gasteiger partial charge in [-0.15, -0.1) is 0 Å². The Hall–Kier alpha value is -0.970. The molecule has 0 aromatic carbocycles. The Labute approximate surface area is 116 Å². The van der Waals surface area contributed by atoms with Crippen molar-refractivity contribution in [2.75, 3.05) is 6.54 Å². The second kappa shape index (κ2) is 4.27. The Bertz CT molecular complexity index is 411. The molecular weight excluding hydrogens is 232 g/mol. The second-order valence-corrected chi connectivity index (χ2v) is 7.55. The van der Waals surface area contributed by atoms with Gasteiger partial charge in [-0.25, -0.2) is 0 Å². The molecule has 5 fully saturated rings. The van der Waals surface area contributed by atoms with E-state index in [1.807, 2.05) is 0 Å². The first-order chi connectivity index (χ1) is 9.29. The van der Waals surface area contributed by atoms with E-state index in [9.17, 15) is 5.26 Å². The Balaban J connectivity index is 1.71. The fourth-order valence-electron chi connectivity index (χ4n) is 5.89. The molecule has 2 nitrogen and oxygen atoms in total. The largest absolute Gasteiger partial charge is 0.388 e. The van der Waals surface area contributed by atoms with E-state index >= 15 is 0 Å². The summed E-state index contributed by atoms with van der Waals surface area (Å²) in [6.45, 7) is 1.08. The first-order valence-electron chi connectivity index (χ1n) is 8.17. The van der Waals surface area contributed by atoms with Crippen LogP contribution in [0.25, 0.3) is 0 Å². The molecule has 4 aliphatic carbocycles. The number of nitrogens with zero attached hydrogens (tertiary/aromatic N) is 1. The molecule has 5 aliphatic rings. The summed E-state index contributed by atoms with van der Waals surface area (Å²) in [5.74, 6) is 2.79. The summed E-state index contributed by atoms with van der Waals surface area (Å²) in [6.07, 6.45) is 12.0. The average molecular weight is 256 g/mol. The lowest BCUT2D eigenvalue weighted by atomic mass is 9.47. The fourth-order valence-corrected chi connectivity index (χ4v) is 5.89. The molecular formula is C17H24N2. The Kier molecular flexibility index (Phi) is 2.65. The van der Waals surface area contributed by atoms with Crippen LogP contribution in [0, 0.1) is 34.5 Å². The summed E-state index contributed by atoms with van der Waals surface area (Å²) in [7, 11) is 0. The molecule has 0 aromatic rings. The van der Waals surface area contributed by atoms with E-state index in [2.05, 4.69) is 11.4 Å². The maximum Gasteiger partial charge on any atom is 0.0971 e. The highest BCUT2D eigenvalue weighted by Gasteiger charge is 2.53. The van der Waals surface area contributed by atoms with Crippen LogP contribution in [-0.2, 0) is 0 Å². The van der Waals surface area contributed by atoms with E-state index < -0.39 is 0 Å². The van der Waals surface area contributed by atoms with Gasteiger partial charge in [0.25, 0.3) is 0 Å². The summed E-state index contributed by atoms with van der Waals surface area (Å²) in [5.41, 5.74) is 2.77. The third-order valence-electron chi connectivity index (χ3n) is 6.17. The smallest absolute Gasteiger partial charge is 0.0971 e. The van der Waals surface area contributed by atoms with Gasteiger partial charge in [0.2, 0.25) is 0 Å². The molecule has 19 heavy (non-hydrogen) atoms. The zero-order valence-electron chi connectivity index (χ0n) is 11.8. The van der Waals surface area contributed by atoms with Crippen molar-refractivity contribution in [1.29, 1.82) is 5.26 Å². The Morgan fingerprint density at radius 1 is 1.05 bits per heavy atom.